The number of hydrogen-bond donors (Lipinski definition) is 0. The van der Waals surface area contributed by atoms with Gasteiger partial charge in [0.1, 0.15) is 0 Å². The van der Waals surface area contributed by atoms with E-state index < -0.39 is 11.7 Å². The van der Waals surface area contributed by atoms with Crippen LogP contribution in [0.5, 0.6) is 0 Å². The lowest BCUT2D eigenvalue weighted by molar-refractivity contribution is -0.137. The molecule has 2 aromatic carbocycles. The normalized spacial score (nSPS) is 12.7. The van der Waals surface area contributed by atoms with E-state index in [4.69, 9.17) is 0 Å². The highest BCUT2D eigenvalue weighted by Gasteiger charge is 2.31. The maximum absolute atomic E-state index is 12.9. The predicted octanol–water partition coefficient (Wildman–Crippen LogP) is 5.39. The van der Waals surface area contributed by atoms with Crippen molar-refractivity contribution in [2.75, 3.05) is 0 Å². The van der Waals surface area contributed by atoms with Gasteiger partial charge in [-0.15, -0.1) is 0 Å². The molecule has 0 bridgehead atoms. The van der Waals surface area contributed by atoms with Crippen molar-refractivity contribution >= 4 is 21.8 Å². The molecule has 0 aliphatic rings. The van der Waals surface area contributed by atoms with Gasteiger partial charge < -0.3 is 4.57 Å². The molecule has 0 N–H and O–H groups in total. The average Bonchev–Trinajstić information content (AvgIpc) is 2.71. The highest BCUT2D eigenvalue weighted by atomic mass is 19.4. The number of aromatic nitrogens is 1. The van der Waals surface area contributed by atoms with Gasteiger partial charge in [0, 0.05) is 27.8 Å². The number of alkyl halides is 3. The molecule has 1 heterocycles. The highest BCUT2D eigenvalue weighted by Crippen LogP contribution is 2.36. The van der Waals surface area contributed by atoms with Crippen LogP contribution < -0.4 is 0 Å². The Hall–Kier alpha value is -1.97. The first-order valence-electron chi connectivity index (χ1n) is 6.49. The van der Waals surface area contributed by atoms with E-state index in [-0.39, 0.29) is 6.04 Å². The van der Waals surface area contributed by atoms with Crippen molar-refractivity contribution < 1.29 is 13.2 Å². The van der Waals surface area contributed by atoms with Crippen LogP contribution >= 0.6 is 0 Å². The van der Waals surface area contributed by atoms with Gasteiger partial charge in [-0.3, -0.25) is 0 Å². The molecule has 0 amide bonds. The second-order valence-electron chi connectivity index (χ2n) is 5.21. The zero-order chi connectivity index (χ0) is 14.5. The molecule has 0 fully saturated rings. The summed E-state index contributed by atoms with van der Waals surface area (Å²) >= 11 is 0. The summed E-state index contributed by atoms with van der Waals surface area (Å²) in [5, 5.41) is 1.85. The summed E-state index contributed by atoms with van der Waals surface area (Å²) in [6.07, 6.45) is -4.31. The lowest BCUT2D eigenvalue weighted by Crippen LogP contribution is -2.06. The van der Waals surface area contributed by atoms with Crippen LogP contribution in [-0.4, -0.2) is 4.57 Å². The molecule has 20 heavy (non-hydrogen) atoms. The van der Waals surface area contributed by atoms with Gasteiger partial charge in [-0.1, -0.05) is 24.3 Å². The van der Waals surface area contributed by atoms with Crippen LogP contribution in [0, 0.1) is 0 Å². The van der Waals surface area contributed by atoms with Crippen LogP contribution in [-0.2, 0) is 6.18 Å². The molecule has 0 unspecified atom stereocenters. The van der Waals surface area contributed by atoms with Crippen molar-refractivity contribution in [1.82, 2.24) is 4.57 Å². The van der Waals surface area contributed by atoms with Gasteiger partial charge in [-0.2, -0.15) is 13.2 Å². The third-order valence-corrected chi connectivity index (χ3v) is 3.55. The molecule has 3 aromatic rings. The standard InChI is InChI=1S/C16H14F3N/c1-10(2)20-14-6-4-3-5-12(14)13-8-7-11(9-15(13)20)16(17,18)19/h3-10H,1-2H3. The Morgan fingerprint density at radius 3 is 2.20 bits per heavy atom. The van der Waals surface area contributed by atoms with Gasteiger partial charge in [-0.05, 0) is 32.0 Å². The number of hydrogen-bond acceptors (Lipinski definition) is 0. The molecule has 4 heteroatoms. The summed E-state index contributed by atoms with van der Waals surface area (Å²) in [5.74, 6) is 0. The van der Waals surface area contributed by atoms with E-state index in [1.807, 2.05) is 42.7 Å². The summed E-state index contributed by atoms with van der Waals surface area (Å²) in [4.78, 5) is 0. The molecule has 104 valence electrons. The Kier molecular flexibility index (Phi) is 2.78. The van der Waals surface area contributed by atoms with Crippen molar-refractivity contribution in [3.63, 3.8) is 0 Å². The molecule has 0 spiro atoms. The highest BCUT2D eigenvalue weighted by molar-refractivity contribution is 6.08. The zero-order valence-electron chi connectivity index (χ0n) is 11.2. The Morgan fingerprint density at radius 1 is 0.900 bits per heavy atom. The van der Waals surface area contributed by atoms with Crippen LogP contribution in [0.1, 0.15) is 25.5 Å². The van der Waals surface area contributed by atoms with Crippen molar-refractivity contribution in [1.29, 1.82) is 0 Å². The van der Waals surface area contributed by atoms with E-state index >= 15 is 0 Å². The first-order valence-corrected chi connectivity index (χ1v) is 6.49. The number of fused-ring (bicyclic) bond motifs is 3. The molecular weight excluding hydrogens is 263 g/mol. The van der Waals surface area contributed by atoms with Crippen LogP contribution in [0.25, 0.3) is 21.8 Å². The van der Waals surface area contributed by atoms with E-state index in [9.17, 15) is 13.2 Å². The van der Waals surface area contributed by atoms with Gasteiger partial charge in [0.25, 0.3) is 0 Å². The van der Waals surface area contributed by atoms with E-state index in [1.165, 1.54) is 6.07 Å². The summed E-state index contributed by atoms with van der Waals surface area (Å²) in [5.41, 5.74) is 1.00. The van der Waals surface area contributed by atoms with Crippen LogP contribution in [0.4, 0.5) is 13.2 Å². The van der Waals surface area contributed by atoms with Crippen molar-refractivity contribution in [2.45, 2.75) is 26.1 Å². The van der Waals surface area contributed by atoms with E-state index in [0.717, 1.165) is 22.4 Å². The van der Waals surface area contributed by atoms with E-state index in [1.54, 1.807) is 6.07 Å². The predicted molar refractivity (Wildman–Crippen MR) is 74.8 cm³/mol. The van der Waals surface area contributed by atoms with Gasteiger partial charge in [0.2, 0.25) is 0 Å². The first kappa shape index (κ1) is 13.0. The molecule has 1 nitrogen and oxygen atoms in total. The van der Waals surface area contributed by atoms with Crippen molar-refractivity contribution in [2.24, 2.45) is 0 Å². The summed E-state index contributed by atoms with van der Waals surface area (Å²) in [7, 11) is 0. The van der Waals surface area contributed by atoms with Crippen LogP contribution in [0.2, 0.25) is 0 Å². The minimum Gasteiger partial charge on any atom is -0.338 e. The van der Waals surface area contributed by atoms with Crippen molar-refractivity contribution in [3.05, 3.63) is 48.0 Å². The molecule has 0 saturated carbocycles. The third kappa shape index (κ3) is 1.87. The largest absolute Gasteiger partial charge is 0.416 e. The third-order valence-electron chi connectivity index (χ3n) is 3.55. The number of rotatable bonds is 1. The van der Waals surface area contributed by atoms with Crippen LogP contribution in [0.3, 0.4) is 0 Å². The van der Waals surface area contributed by atoms with E-state index in [0.29, 0.717) is 5.52 Å². The number of nitrogens with zero attached hydrogens (tertiary/aromatic N) is 1. The van der Waals surface area contributed by atoms with Crippen LogP contribution in [0.15, 0.2) is 42.5 Å². The summed E-state index contributed by atoms with van der Waals surface area (Å²) < 4.78 is 40.6. The van der Waals surface area contributed by atoms with Gasteiger partial charge in [-0.25, -0.2) is 0 Å². The molecule has 0 atom stereocenters. The average molecular weight is 277 g/mol. The van der Waals surface area contributed by atoms with Gasteiger partial charge in [0.05, 0.1) is 5.56 Å². The fraction of sp³-hybridized carbons (Fsp3) is 0.250. The smallest absolute Gasteiger partial charge is 0.338 e. The first-order chi connectivity index (χ1) is 9.39. The minimum absolute atomic E-state index is 0.0980. The molecule has 0 radical (unpaired) electrons. The molecule has 0 aliphatic heterocycles. The Balaban J connectivity index is 2.45. The molecule has 0 aliphatic carbocycles. The molecule has 3 rings (SSSR count). The fourth-order valence-corrected chi connectivity index (χ4v) is 2.73. The Bertz CT molecular complexity index is 781. The Morgan fingerprint density at radius 2 is 1.55 bits per heavy atom. The molecular formula is C16H14F3N. The monoisotopic (exact) mass is 277 g/mol. The maximum Gasteiger partial charge on any atom is 0.416 e. The molecule has 0 saturated heterocycles. The second-order valence-corrected chi connectivity index (χ2v) is 5.21. The lowest BCUT2D eigenvalue weighted by Gasteiger charge is -2.13. The lowest BCUT2D eigenvalue weighted by atomic mass is 10.1. The minimum atomic E-state index is -4.31. The second kappa shape index (κ2) is 4.27. The SMILES string of the molecule is CC(C)n1c2ccccc2c2ccc(C(F)(F)F)cc21. The topological polar surface area (TPSA) is 4.93 Å². The fourth-order valence-electron chi connectivity index (χ4n) is 2.73. The number of halogens is 3. The Labute approximate surface area is 114 Å². The number of benzene rings is 2. The zero-order valence-corrected chi connectivity index (χ0v) is 11.2. The van der Waals surface area contributed by atoms with Gasteiger partial charge in [0.15, 0.2) is 0 Å². The summed E-state index contributed by atoms with van der Waals surface area (Å²) in [6, 6.07) is 11.8. The van der Waals surface area contributed by atoms with Gasteiger partial charge >= 0.3 is 6.18 Å². The quantitative estimate of drug-likeness (QED) is 0.561. The van der Waals surface area contributed by atoms with E-state index in [2.05, 4.69) is 0 Å². The van der Waals surface area contributed by atoms with Crippen molar-refractivity contribution in [3.8, 4) is 0 Å². The maximum atomic E-state index is 12.9. The summed E-state index contributed by atoms with van der Waals surface area (Å²) in [6.45, 7) is 3.96. The molecule has 1 aromatic heterocycles. The number of para-hydroxylation sites is 1.